The van der Waals surface area contributed by atoms with Crippen LogP contribution in [0.1, 0.15) is 33.1 Å². The Bertz CT molecular complexity index is 284. The third-order valence-corrected chi connectivity index (χ3v) is 4.77. The smallest absolute Gasteiger partial charge is 0.151 e. The summed E-state index contributed by atoms with van der Waals surface area (Å²) in [6, 6.07) is 0.249. The molecule has 0 radical (unpaired) electrons. The number of sulfone groups is 1. The van der Waals surface area contributed by atoms with E-state index >= 15 is 0 Å². The van der Waals surface area contributed by atoms with Crippen molar-refractivity contribution >= 4 is 9.84 Å². The van der Waals surface area contributed by atoms with Crippen LogP contribution in [-0.2, 0) is 14.6 Å². The second kappa shape index (κ2) is 6.57. The van der Waals surface area contributed by atoms with E-state index in [1.165, 1.54) is 0 Å². The lowest BCUT2D eigenvalue weighted by molar-refractivity contribution is 0.0844. The van der Waals surface area contributed by atoms with Crippen molar-refractivity contribution in [1.29, 1.82) is 0 Å². The largest absolute Gasteiger partial charge is 0.377 e. The van der Waals surface area contributed by atoms with Gasteiger partial charge >= 0.3 is 0 Å². The van der Waals surface area contributed by atoms with Gasteiger partial charge in [-0.05, 0) is 26.2 Å². The van der Waals surface area contributed by atoms with E-state index in [4.69, 9.17) is 4.74 Å². The van der Waals surface area contributed by atoms with Crippen molar-refractivity contribution < 1.29 is 13.2 Å². The predicted octanol–water partition coefficient (Wildman–Crippen LogP) is 0.968. The standard InChI is InChI=1S/C11H23NO3S/c1-3-8-16(13,14)9-6-12-10(2)11-5-4-7-15-11/h10-12H,3-9H2,1-2H3. The van der Waals surface area contributed by atoms with Crippen molar-refractivity contribution in [3.05, 3.63) is 0 Å². The highest BCUT2D eigenvalue weighted by molar-refractivity contribution is 7.91. The maximum absolute atomic E-state index is 11.5. The van der Waals surface area contributed by atoms with Crippen LogP contribution >= 0.6 is 0 Å². The first kappa shape index (κ1) is 13.9. The van der Waals surface area contributed by atoms with Gasteiger partial charge in [0.25, 0.3) is 0 Å². The van der Waals surface area contributed by atoms with E-state index < -0.39 is 9.84 Å². The van der Waals surface area contributed by atoms with Crippen LogP contribution in [0.3, 0.4) is 0 Å². The first-order chi connectivity index (χ1) is 7.55. The third kappa shape index (κ3) is 4.80. The first-order valence-electron chi connectivity index (χ1n) is 6.10. The molecule has 0 saturated carbocycles. The molecule has 16 heavy (non-hydrogen) atoms. The molecule has 2 unspecified atom stereocenters. The highest BCUT2D eigenvalue weighted by Crippen LogP contribution is 2.15. The molecule has 0 aromatic heterocycles. The van der Waals surface area contributed by atoms with Gasteiger partial charge in [-0.3, -0.25) is 0 Å². The van der Waals surface area contributed by atoms with Gasteiger partial charge in [0.05, 0.1) is 11.9 Å². The lowest BCUT2D eigenvalue weighted by Crippen LogP contribution is -2.39. The monoisotopic (exact) mass is 249 g/mol. The Morgan fingerprint density at radius 1 is 1.44 bits per heavy atom. The average molecular weight is 249 g/mol. The molecule has 96 valence electrons. The normalized spacial score (nSPS) is 23.5. The van der Waals surface area contributed by atoms with Crippen LogP contribution in [0.4, 0.5) is 0 Å². The van der Waals surface area contributed by atoms with Gasteiger partial charge < -0.3 is 10.1 Å². The zero-order valence-electron chi connectivity index (χ0n) is 10.2. The second-order valence-corrected chi connectivity index (χ2v) is 6.75. The second-order valence-electron chi connectivity index (χ2n) is 4.45. The number of ether oxygens (including phenoxy) is 1. The number of rotatable bonds is 7. The topological polar surface area (TPSA) is 55.4 Å². The molecular formula is C11H23NO3S. The Kier molecular flexibility index (Phi) is 5.72. The van der Waals surface area contributed by atoms with E-state index in [0.29, 0.717) is 18.7 Å². The SMILES string of the molecule is CCCS(=O)(=O)CCNC(C)C1CCCO1. The van der Waals surface area contributed by atoms with Gasteiger partial charge in [0.2, 0.25) is 0 Å². The van der Waals surface area contributed by atoms with E-state index in [-0.39, 0.29) is 17.9 Å². The van der Waals surface area contributed by atoms with Crippen LogP contribution in [0.2, 0.25) is 0 Å². The molecule has 0 aromatic carbocycles. The summed E-state index contributed by atoms with van der Waals surface area (Å²) in [7, 11) is -2.85. The van der Waals surface area contributed by atoms with Crippen molar-refractivity contribution in [2.24, 2.45) is 0 Å². The van der Waals surface area contributed by atoms with Crippen LogP contribution in [0.15, 0.2) is 0 Å². The van der Waals surface area contributed by atoms with Gasteiger partial charge in [-0.1, -0.05) is 6.92 Å². The average Bonchev–Trinajstić information content (AvgIpc) is 2.69. The van der Waals surface area contributed by atoms with Gasteiger partial charge in [-0.2, -0.15) is 0 Å². The van der Waals surface area contributed by atoms with Crippen molar-refractivity contribution in [3.63, 3.8) is 0 Å². The van der Waals surface area contributed by atoms with Crippen LogP contribution in [0.5, 0.6) is 0 Å². The molecule has 4 nitrogen and oxygen atoms in total. The molecule has 1 fully saturated rings. The van der Waals surface area contributed by atoms with Gasteiger partial charge in [-0.15, -0.1) is 0 Å². The Morgan fingerprint density at radius 2 is 2.19 bits per heavy atom. The van der Waals surface area contributed by atoms with Gasteiger partial charge in [0, 0.05) is 24.9 Å². The molecule has 5 heteroatoms. The van der Waals surface area contributed by atoms with E-state index in [1.807, 2.05) is 6.92 Å². The zero-order chi connectivity index (χ0) is 12.0. The fourth-order valence-electron chi connectivity index (χ4n) is 1.98. The lowest BCUT2D eigenvalue weighted by atomic mass is 10.1. The van der Waals surface area contributed by atoms with Crippen LogP contribution in [0, 0.1) is 0 Å². The van der Waals surface area contributed by atoms with E-state index in [2.05, 4.69) is 12.2 Å². The minimum Gasteiger partial charge on any atom is -0.377 e. The molecule has 0 spiro atoms. The summed E-state index contributed by atoms with van der Waals surface area (Å²) < 4.78 is 28.5. The predicted molar refractivity (Wildman–Crippen MR) is 65.4 cm³/mol. The Balaban J connectivity index is 2.19. The maximum atomic E-state index is 11.5. The van der Waals surface area contributed by atoms with Crippen LogP contribution < -0.4 is 5.32 Å². The summed E-state index contributed by atoms with van der Waals surface area (Å²) in [5, 5.41) is 3.23. The molecule has 0 aromatic rings. The number of nitrogens with one attached hydrogen (secondary N) is 1. The quantitative estimate of drug-likeness (QED) is 0.730. The molecule has 0 aliphatic carbocycles. The van der Waals surface area contributed by atoms with Crippen molar-refractivity contribution in [3.8, 4) is 0 Å². The van der Waals surface area contributed by atoms with E-state index in [0.717, 1.165) is 19.4 Å². The molecular weight excluding hydrogens is 226 g/mol. The summed E-state index contributed by atoms with van der Waals surface area (Å²) in [6.45, 7) is 5.32. The fourth-order valence-corrected chi connectivity index (χ4v) is 3.24. The zero-order valence-corrected chi connectivity index (χ0v) is 11.1. The minimum absolute atomic E-state index is 0.234. The van der Waals surface area contributed by atoms with Crippen molar-refractivity contribution in [1.82, 2.24) is 5.32 Å². The Hall–Kier alpha value is -0.130. The Morgan fingerprint density at radius 3 is 2.75 bits per heavy atom. The van der Waals surface area contributed by atoms with Crippen molar-refractivity contribution in [2.75, 3.05) is 24.7 Å². The molecule has 0 amide bonds. The highest BCUT2D eigenvalue weighted by atomic mass is 32.2. The van der Waals surface area contributed by atoms with Gasteiger partial charge in [0.15, 0.2) is 9.84 Å². The molecule has 1 N–H and O–H groups in total. The molecule has 1 saturated heterocycles. The van der Waals surface area contributed by atoms with Gasteiger partial charge in [0.1, 0.15) is 0 Å². The molecule has 1 aliphatic heterocycles. The summed E-state index contributed by atoms with van der Waals surface area (Å²) in [5.74, 6) is 0.529. The summed E-state index contributed by atoms with van der Waals surface area (Å²) in [4.78, 5) is 0. The molecule has 1 rings (SSSR count). The third-order valence-electron chi connectivity index (χ3n) is 2.92. The summed E-state index contributed by atoms with van der Waals surface area (Å²) in [6.07, 6.45) is 3.15. The molecule has 1 aliphatic rings. The lowest BCUT2D eigenvalue weighted by Gasteiger charge is -2.19. The van der Waals surface area contributed by atoms with Crippen LogP contribution in [0.25, 0.3) is 0 Å². The minimum atomic E-state index is -2.85. The van der Waals surface area contributed by atoms with E-state index in [9.17, 15) is 8.42 Å². The van der Waals surface area contributed by atoms with E-state index in [1.54, 1.807) is 0 Å². The molecule has 2 atom stereocenters. The maximum Gasteiger partial charge on any atom is 0.151 e. The van der Waals surface area contributed by atoms with Crippen LogP contribution in [-0.4, -0.2) is 45.2 Å². The van der Waals surface area contributed by atoms with Gasteiger partial charge in [-0.25, -0.2) is 8.42 Å². The summed E-state index contributed by atoms with van der Waals surface area (Å²) in [5.41, 5.74) is 0. The first-order valence-corrected chi connectivity index (χ1v) is 7.92. The molecule has 1 heterocycles. The fraction of sp³-hybridized carbons (Fsp3) is 1.00. The number of hydrogen-bond donors (Lipinski definition) is 1. The summed E-state index contributed by atoms with van der Waals surface area (Å²) >= 11 is 0. The molecule has 0 bridgehead atoms. The van der Waals surface area contributed by atoms with Crippen molar-refractivity contribution in [2.45, 2.75) is 45.3 Å². The number of hydrogen-bond acceptors (Lipinski definition) is 4. The highest BCUT2D eigenvalue weighted by Gasteiger charge is 2.22. The Labute approximate surface area is 98.7 Å².